The minimum atomic E-state index is 0.284. The van der Waals surface area contributed by atoms with Crippen LogP contribution in [0.15, 0.2) is 24.7 Å². The Hall–Kier alpha value is -2.08. The van der Waals surface area contributed by atoms with E-state index < -0.39 is 0 Å². The maximum Gasteiger partial charge on any atom is 0.179 e. The topological polar surface area (TPSA) is 74.0 Å². The molecule has 86 valence electrons. The van der Waals surface area contributed by atoms with Crippen LogP contribution in [0, 0.1) is 6.92 Å². The van der Waals surface area contributed by atoms with Crippen molar-refractivity contribution >= 4 is 22.9 Å². The molecule has 0 saturated heterocycles. The highest BCUT2D eigenvalue weighted by atomic mass is 35.5. The summed E-state index contributed by atoms with van der Waals surface area (Å²) in [6, 6.07) is 1.92. The van der Waals surface area contributed by atoms with Crippen molar-refractivity contribution in [3.63, 3.8) is 0 Å². The van der Waals surface area contributed by atoms with Crippen LogP contribution in [0.1, 0.15) is 5.69 Å². The quantitative estimate of drug-likeness (QED) is 0.708. The summed E-state index contributed by atoms with van der Waals surface area (Å²) < 4.78 is 3.29. The third-order valence-corrected chi connectivity index (χ3v) is 2.70. The van der Waals surface area contributed by atoms with E-state index in [0.717, 1.165) is 11.2 Å². The number of nitrogen functional groups attached to an aromatic ring is 1. The molecule has 0 bridgehead atoms. The van der Waals surface area contributed by atoms with Crippen LogP contribution in [0.4, 0.5) is 5.82 Å². The van der Waals surface area contributed by atoms with Gasteiger partial charge in [0.2, 0.25) is 0 Å². The van der Waals surface area contributed by atoms with Gasteiger partial charge < -0.3 is 5.73 Å². The summed E-state index contributed by atoms with van der Waals surface area (Å²) in [5, 5.41) is 8.81. The molecule has 0 spiro atoms. The first kappa shape index (κ1) is 10.1. The number of nitrogens with zero attached hydrogens (tertiary/aromatic N) is 5. The molecule has 0 aromatic carbocycles. The number of aromatic nitrogens is 5. The molecule has 3 aromatic rings. The first-order valence-corrected chi connectivity index (χ1v) is 5.35. The Morgan fingerprint density at radius 1 is 1.35 bits per heavy atom. The molecule has 0 aliphatic rings. The van der Waals surface area contributed by atoms with Crippen LogP contribution in [0.2, 0.25) is 5.02 Å². The minimum absolute atomic E-state index is 0.284. The van der Waals surface area contributed by atoms with E-state index in [1.165, 1.54) is 0 Å². The van der Waals surface area contributed by atoms with E-state index in [1.54, 1.807) is 27.8 Å². The van der Waals surface area contributed by atoms with Crippen LogP contribution in [0.25, 0.3) is 11.3 Å². The van der Waals surface area contributed by atoms with Gasteiger partial charge in [0.15, 0.2) is 11.6 Å². The summed E-state index contributed by atoms with van der Waals surface area (Å²) in [5.74, 6) is 0.929. The maximum atomic E-state index is 5.88. The monoisotopic (exact) mass is 248 g/mol. The number of nitrogens with two attached hydrogens (primary N) is 1. The molecule has 0 fully saturated rings. The van der Waals surface area contributed by atoms with E-state index in [0.29, 0.717) is 10.8 Å². The first-order valence-electron chi connectivity index (χ1n) is 4.97. The number of aryl methyl sites for hydroxylation is 1. The zero-order valence-corrected chi connectivity index (χ0v) is 9.76. The molecule has 6 nitrogen and oxygen atoms in total. The highest BCUT2D eigenvalue weighted by Gasteiger charge is 2.10. The minimum Gasteiger partial charge on any atom is -0.381 e. The van der Waals surface area contributed by atoms with Crippen molar-refractivity contribution in [1.82, 2.24) is 24.4 Å². The summed E-state index contributed by atoms with van der Waals surface area (Å²) in [4.78, 5) is 4.27. The molecule has 3 rings (SSSR count). The standard InChI is InChI=1S/C10H9ClN6/c1-6-4-8-10(13-2-3-16(8)14-6)17-5-7(11)9(12)15-17/h2-5H,1H3,(H2,12,15). The highest BCUT2D eigenvalue weighted by Crippen LogP contribution is 2.20. The summed E-state index contributed by atoms with van der Waals surface area (Å²) in [7, 11) is 0. The lowest BCUT2D eigenvalue weighted by molar-refractivity contribution is 0.833. The Labute approximate surface area is 102 Å². The largest absolute Gasteiger partial charge is 0.381 e. The number of hydrogen-bond donors (Lipinski definition) is 1. The number of fused-ring (bicyclic) bond motifs is 1. The van der Waals surface area contributed by atoms with Gasteiger partial charge in [-0.25, -0.2) is 14.2 Å². The van der Waals surface area contributed by atoms with E-state index in [2.05, 4.69) is 15.2 Å². The van der Waals surface area contributed by atoms with Gasteiger partial charge >= 0.3 is 0 Å². The van der Waals surface area contributed by atoms with Crippen molar-refractivity contribution in [3.8, 4) is 5.82 Å². The van der Waals surface area contributed by atoms with Crippen LogP contribution in [0.3, 0.4) is 0 Å². The second-order valence-electron chi connectivity index (χ2n) is 3.67. The molecular weight excluding hydrogens is 240 g/mol. The van der Waals surface area contributed by atoms with Crippen molar-refractivity contribution < 1.29 is 0 Å². The van der Waals surface area contributed by atoms with Gasteiger partial charge in [0, 0.05) is 12.4 Å². The molecule has 3 aromatic heterocycles. The molecule has 3 heterocycles. The molecule has 17 heavy (non-hydrogen) atoms. The number of rotatable bonds is 1. The number of hydrogen-bond acceptors (Lipinski definition) is 4. The Morgan fingerprint density at radius 2 is 2.18 bits per heavy atom. The second kappa shape index (κ2) is 3.46. The zero-order valence-electron chi connectivity index (χ0n) is 9.00. The molecular formula is C10H9ClN6. The van der Waals surface area contributed by atoms with Crippen molar-refractivity contribution in [2.75, 3.05) is 5.73 Å². The predicted octanol–water partition coefficient (Wildman–Crippen LogP) is 1.46. The van der Waals surface area contributed by atoms with Crippen LogP contribution < -0.4 is 5.73 Å². The van der Waals surface area contributed by atoms with Crippen molar-refractivity contribution in [2.24, 2.45) is 0 Å². The van der Waals surface area contributed by atoms with Gasteiger partial charge in [-0.2, -0.15) is 5.10 Å². The fraction of sp³-hybridized carbons (Fsp3) is 0.100. The fourth-order valence-electron chi connectivity index (χ4n) is 1.68. The lowest BCUT2D eigenvalue weighted by Gasteiger charge is -2.01. The first-order chi connectivity index (χ1) is 8.15. The van der Waals surface area contributed by atoms with Crippen LogP contribution in [0.5, 0.6) is 0 Å². The smallest absolute Gasteiger partial charge is 0.179 e. The van der Waals surface area contributed by atoms with Gasteiger partial charge in [-0.15, -0.1) is 5.10 Å². The fourth-order valence-corrected chi connectivity index (χ4v) is 1.81. The molecule has 0 unspecified atom stereocenters. The molecule has 0 atom stereocenters. The predicted molar refractivity (Wildman–Crippen MR) is 64.3 cm³/mol. The molecule has 0 aliphatic heterocycles. The number of halogens is 1. The molecule has 2 N–H and O–H groups in total. The van der Waals surface area contributed by atoms with E-state index >= 15 is 0 Å². The second-order valence-corrected chi connectivity index (χ2v) is 4.08. The Bertz CT molecular complexity index is 678. The van der Waals surface area contributed by atoms with Gasteiger partial charge in [0.1, 0.15) is 10.5 Å². The summed E-state index contributed by atoms with van der Waals surface area (Å²) in [6.07, 6.45) is 5.06. The maximum absolute atomic E-state index is 5.88. The molecule has 0 radical (unpaired) electrons. The van der Waals surface area contributed by atoms with Crippen molar-refractivity contribution in [3.05, 3.63) is 35.4 Å². The van der Waals surface area contributed by atoms with Gasteiger partial charge in [-0.05, 0) is 13.0 Å². The lowest BCUT2D eigenvalue weighted by Crippen LogP contribution is -2.02. The summed E-state index contributed by atoms with van der Waals surface area (Å²) >= 11 is 5.88. The van der Waals surface area contributed by atoms with E-state index in [4.69, 9.17) is 17.3 Å². The van der Waals surface area contributed by atoms with Gasteiger partial charge in [0.05, 0.1) is 11.9 Å². The highest BCUT2D eigenvalue weighted by molar-refractivity contribution is 6.32. The SMILES string of the molecule is Cc1cc2c(-n3cc(Cl)c(N)n3)nccn2n1. The van der Waals surface area contributed by atoms with Crippen molar-refractivity contribution in [1.29, 1.82) is 0 Å². The normalized spacial score (nSPS) is 11.2. The Morgan fingerprint density at radius 3 is 2.88 bits per heavy atom. The number of anilines is 1. The van der Waals surface area contributed by atoms with Crippen LogP contribution in [-0.4, -0.2) is 24.4 Å². The molecule has 0 saturated carbocycles. The zero-order chi connectivity index (χ0) is 12.0. The van der Waals surface area contributed by atoms with E-state index in [1.807, 2.05) is 13.0 Å². The lowest BCUT2D eigenvalue weighted by atomic mass is 10.4. The Balaban J connectivity index is 2.29. The van der Waals surface area contributed by atoms with E-state index in [9.17, 15) is 0 Å². The third-order valence-electron chi connectivity index (χ3n) is 2.40. The van der Waals surface area contributed by atoms with Gasteiger partial charge in [-0.3, -0.25) is 0 Å². The molecule has 0 amide bonds. The summed E-state index contributed by atoms with van der Waals surface area (Å²) in [5.41, 5.74) is 7.37. The van der Waals surface area contributed by atoms with Gasteiger partial charge in [0.25, 0.3) is 0 Å². The average Bonchev–Trinajstić information content (AvgIpc) is 2.81. The third kappa shape index (κ3) is 1.53. The van der Waals surface area contributed by atoms with Crippen LogP contribution >= 0.6 is 11.6 Å². The Kier molecular flexibility index (Phi) is 2.05. The average molecular weight is 249 g/mol. The van der Waals surface area contributed by atoms with Crippen molar-refractivity contribution in [2.45, 2.75) is 6.92 Å². The van der Waals surface area contributed by atoms with Crippen LogP contribution in [-0.2, 0) is 0 Å². The van der Waals surface area contributed by atoms with E-state index in [-0.39, 0.29) is 5.82 Å². The van der Waals surface area contributed by atoms with Gasteiger partial charge in [-0.1, -0.05) is 11.6 Å². The molecule has 7 heteroatoms. The summed E-state index contributed by atoms with van der Waals surface area (Å²) in [6.45, 7) is 1.92. The molecule has 0 aliphatic carbocycles.